The van der Waals surface area contributed by atoms with E-state index in [4.69, 9.17) is 4.74 Å². The molecule has 4 aromatic rings. The number of hydrogen-bond donors (Lipinski definition) is 0. The fourth-order valence-electron chi connectivity index (χ4n) is 3.82. The highest BCUT2D eigenvalue weighted by Crippen LogP contribution is 2.32. The molecule has 1 aliphatic heterocycles. The molecular formula is C21H20FN7O. The predicted molar refractivity (Wildman–Crippen MR) is 109 cm³/mol. The summed E-state index contributed by atoms with van der Waals surface area (Å²) < 4.78 is 21.3. The number of halogens is 1. The summed E-state index contributed by atoms with van der Waals surface area (Å²) in [6, 6.07) is 6.00. The van der Waals surface area contributed by atoms with Gasteiger partial charge in [-0.2, -0.15) is 0 Å². The van der Waals surface area contributed by atoms with Crippen molar-refractivity contribution >= 4 is 17.0 Å². The van der Waals surface area contributed by atoms with Crippen LogP contribution in [-0.4, -0.2) is 42.6 Å². The number of fused-ring (bicyclic) bond motifs is 1. The predicted octanol–water partition coefficient (Wildman–Crippen LogP) is 3.70. The summed E-state index contributed by atoms with van der Waals surface area (Å²) in [5.41, 5.74) is 1.65. The maximum absolute atomic E-state index is 13.1. The summed E-state index contributed by atoms with van der Waals surface area (Å²) in [5.74, 6) is 1.34. The normalized spacial score (nSPS) is 14.9. The van der Waals surface area contributed by atoms with E-state index < -0.39 is 5.82 Å². The summed E-state index contributed by atoms with van der Waals surface area (Å²) >= 11 is 0. The highest BCUT2D eigenvalue weighted by Gasteiger charge is 2.24. The van der Waals surface area contributed by atoms with E-state index in [1.807, 2.05) is 31.3 Å². The van der Waals surface area contributed by atoms with E-state index in [-0.39, 0.29) is 0 Å². The van der Waals surface area contributed by atoms with Crippen LogP contribution in [0, 0.1) is 12.7 Å². The first kappa shape index (κ1) is 18.4. The van der Waals surface area contributed by atoms with E-state index >= 15 is 0 Å². The van der Waals surface area contributed by atoms with Gasteiger partial charge in [0, 0.05) is 31.5 Å². The molecule has 0 N–H and O–H groups in total. The van der Waals surface area contributed by atoms with Gasteiger partial charge in [0.15, 0.2) is 11.6 Å². The molecule has 5 rings (SSSR count). The molecule has 9 heteroatoms. The molecule has 5 heterocycles. The second-order valence-electron chi connectivity index (χ2n) is 7.25. The Morgan fingerprint density at radius 2 is 1.83 bits per heavy atom. The van der Waals surface area contributed by atoms with Gasteiger partial charge in [-0.1, -0.05) is 0 Å². The molecule has 1 aliphatic rings. The molecule has 0 unspecified atom stereocenters. The summed E-state index contributed by atoms with van der Waals surface area (Å²) in [4.78, 5) is 23.4. The Morgan fingerprint density at radius 1 is 1.03 bits per heavy atom. The minimum absolute atomic E-state index is 0.294. The zero-order chi connectivity index (χ0) is 20.5. The molecule has 0 amide bonds. The van der Waals surface area contributed by atoms with E-state index in [1.54, 1.807) is 6.20 Å². The number of ether oxygens (including phenoxy) is 1. The molecule has 0 bridgehead atoms. The van der Waals surface area contributed by atoms with Crippen LogP contribution in [0.3, 0.4) is 0 Å². The van der Waals surface area contributed by atoms with Crippen LogP contribution in [0.2, 0.25) is 0 Å². The van der Waals surface area contributed by atoms with Crippen LogP contribution in [0.4, 0.5) is 10.3 Å². The van der Waals surface area contributed by atoms with Crippen LogP contribution < -0.4 is 9.64 Å². The standard InChI is InChI=1S/C21H20FN7O/c1-14-18(3-2-7-23-14)30-20-17-6-10-29(19(17)26-13-27-20)16-4-8-28(9-5-16)21-24-11-15(22)12-25-21/h2-3,6-7,10-13,16H,4-5,8-9H2,1H3. The van der Waals surface area contributed by atoms with Crippen molar-refractivity contribution in [2.24, 2.45) is 0 Å². The van der Waals surface area contributed by atoms with Gasteiger partial charge in [-0.05, 0) is 38.0 Å². The molecule has 0 radical (unpaired) electrons. The molecule has 8 nitrogen and oxygen atoms in total. The second-order valence-corrected chi connectivity index (χ2v) is 7.25. The monoisotopic (exact) mass is 405 g/mol. The number of nitrogens with zero attached hydrogens (tertiary/aromatic N) is 7. The average Bonchev–Trinajstić information content (AvgIpc) is 3.21. The van der Waals surface area contributed by atoms with Crippen molar-refractivity contribution in [2.45, 2.75) is 25.8 Å². The van der Waals surface area contributed by atoms with Gasteiger partial charge in [0.1, 0.15) is 12.0 Å². The van der Waals surface area contributed by atoms with Gasteiger partial charge in [0.25, 0.3) is 0 Å². The molecule has 152 valence electrons. The largest absolute Gasteiger partial charge is 0.436 e. The Bertz CT molecular complexity index is 1170. The topological polar surface area (TPSA) is 81.9 Å². The zero-order valence-corrected chi connectivity index (χ0v) is 16.4. The van der Waals surface area contributed by atoms with Gasteiger partial charge < -0.3 is 14.2 Å². The van der Waals surface area contributed by atoms with E-state index in [1.165, 1.54) is 18.7 Å². The van der Waals surface area contributed by atoms with Crippen LogP contribution in [0.1, 0.15) is 24.6 Å². The molecule has 0 aromatic carbocycles. The maximum Gasteiger partial charge on any atom is 0.231 e. The third-order valence-electron chi connectivity index (χ3n) is 5.39. The van der Waals surface area contributed by atoms with Crippen molar-refractivity contribution in [1.82, 2.24) is 29.5 Å². The molecule has 1 saturated heterocycles. The summed E-state index contributed by atoms with van der Waals surface area (Å²) in [6.07, 6.45) is 9.53. The first-order valence-electron chi connectivity index (χ1n) is 9.82. The first-order valence-corrected chi connectivity index (χ1v) is 9.82. The second kappa shape index (κ2) is 7.66. The average molecular weight is 405 g/mol. The lowest BCUT2D eigenvalue weighted by Gasteiger charge is -2.32. The molecule has 0 atom stereocenters. The van der Waals surface area contributed by atoms with Crippen molar-refractivity contribution in [2.75, 3.05) is 18.0 Å². The third kappa shape index (κ3) is 3.42. The van der Waals surface area contributed by atoms with Gasteiger partial charge in [-0.25, -0.2) is 24.3 Å². The van der Waals surface area contributed by atoms with Gasteiger partial charge in [-0.15, -0.1) is 0 Å². The zero-order valence-electron chi connectivity index (χ0n) is 16.4. The smallest absolute Gasteiger partial charge is 0.231 e. The van der Waals surface area contributed by atoms with Crippen molar-refractivity contribution < 1.29 is 9.13 Å². The number of aromatic nitrogens is 6. The third-order valence-corrected chi connectivity index (χ3v) is 5.39. The van der Waals surface area contributed by atoms with E-state index in [0.29, 0.717) is 23.6 Å². The Kier molecular flexibility index (Phi) is 4.70. The molecule has 0 saturated carbocycles. The van der Waals surface area contributed by atoms with Crippen molar-refractivity contribution in [3.05, 3.63) is 60.8 Å². The number of anilines is 1. The Hall–Kier alpha value is -3.62. The van der Waals surface area contributed by atoms with Gasteiger partial charge in [0.05, 0.1) is 23.5 Å². The summed E-state index contributed by atoms with van der Waals surface area (Å²) in [7, 11) is 0. The highest BCUT2D eigenvalue weighted by molar-refractivity contribution is 5.81. The number of piperidine rings is 1. The van der Waals surface area contributed by atoms with Crippen LogP contribution >= 0.6 is 0 Å². The minimum atomic E-state index is -0.424. The molecule has 1 fully saturated rings. The van der Waals surface area contributed by atoms with Crippen molar-refractivity contribution in [3.63, 3.8) is 0 Å². The highest BCUT2D eigenvalue weighted by atomic mass is 19.1. The first-order chi connectivity index (χ1) is 14.7. The number of aryl methyl sites for hydroxylation is 1. The molecule has 4 aromatic heterocycles. The lowest BCUT2D eigenvalue weighted by Crippen LogP contribution is -2.35. The number of pyridine rings is 1. The molecule has 0 spiro atoms. The number of rotatable bonds is 4. The van der Waals surface area contributed by atoms with Crippen molar-refractivity contribution in [3.8, 4) is 11.6 Å². The van der Waals surface area contributed by atoms with Gasteiger partial charge in [0.2, 0.25) is 11.8 Å². The Balaban J connectivity index is 1.36. The van der Waals surface area contributed by atoms with Gasteiger partial charge in [-0.3, -0.25) is 4.98 Å². The maximum atomic E-state index is 13.1. The van der Waals surface area contributed by atoms with Crippen LogP contribution in [0.15, 0.2) is 49.3 Å². The molecular weight excluding hydrogens is 385 g/mol. The minimum Gasteiger partial charge on any atom is -0.436 e. The quantitative estimate of drug-likeness (QED) is 0.512. The summed E-state index contributed by atoms with van der Waals surface area (Å²) in [6.45, 7) is 3.48. The van der Waals surface area contributed by atoms with E-state index in [9.17, 15) is 4.39 Å². The van der Waals surface area contributed by atoms with E-state index in [2.05, 4.69) is 34.4 Å². The number of hydrogen-bond acceptors (Lipinski definition) is 7. The van der Waals surface area contributed by atoms with E-state index in [0.717, 1.165) is 42.7 Å². The molecule has 30 heavy (non-hydrogen) atoms. The fraction of sp³-hybridized carbons (Fsp3) is 0.286. The molecule has 0 aliphatic carbocycles. The lowest BCUT2D eigenvalue weighted by molar-refractivity contribution is 0.400. The Labute approximate surface area is 172 Å². The van der Waals surface area contributed by atoms with Crippen molar-refractivity contribution in [1.29, 1.82) is 0 Å². The van der Waals surface area contributed by atoms with Gasteiger partial charge >= 0.3 is 0 Å². The summed E-state index contributed by atoms with van der Waals surface area (Å²) in [5, 5.41) is 0.866. The van der Waals surface area contributed by atoms with Crippen LogP contribution in [0.5, 0.6) is 11.6 Å². The fourth-order valence-corrected chi connectivity index (χ4v) is 3.82. The Morgan fingerprint density at radius 3 is 2.60 bits per heavy atom. The lowest BCUT2D eigenvalue weighted by atomic mass is 10.1. The van der Waals surface area contributed by atoms with Crippen LogP contribution in [-0.2, 0) is 0 Å². The SMILES string of the molecule is Cc1ncccc1Oc1ncnc2c1ccn2C1CCN(c2ncc(F)cn2)CC1. The van der Waals surface area contributed by atoms with Crippen LogP contribution in [0.25, 0.3) is 11.0 Å².